The Bertz CT molecular complexity index is 760. The van der Waals surface area contributed by atoms with E-state index in [-0.39, 0.29) is 5.70 Å². The minimum absolute atomic E-state index is 0.102. The summed E-state index contributed by atoms with van der Waals surface area (Å²) in [4.78, 5) is 6.38. The average Bonchev–Trinajstić information content (AvgIpc) is 3.10. The molecule has 0 aliphatic heterocycles. The van der Waals surface area contributed by atoms with E-state index in [1.54, 1.807) is 16.9 Å². The molecule has 6 nitrogen and oxygen atoms in total. The van der Waals surface area contributed by atoms with Gasteiger partial charge in [0.25, 0.3) is 5.70 Å². The summed E-state index contributed by atoms with van der Waals surface area (Å²) in [7, 11) is 0. The Balaban J connectivity index is 0.00000123. The van der Waals surface area contributed by atoms with Crippen LogP contribution in [0.5, 0.6) is 0 Å². The van der Waals surface area contributed by atoms with Crippen molar-refractivity contribution in [3.05, 3.63) is 71.3 Å². The molecule has 8 heteroatoms. The number of nitriles is 1. The molecule has 0 saturated carbocycles. The van der Waals surface area contributed by atoms with Crippen molar-refractivity contribution in [3.63, 3.8) is 0 Å². The van der Waals surface area contributed by atoms with Crippen molar-refractivity contribution in [2.24, 2.45) is 0 Å². The van der Waals surface area contributed by atoms with E-state index in [2.05, 4.69) is 57.3 Å². The Hall–Kier alpha value is -2.10. The first-order valence-electron chi connectivity index (χ1n) is 6.69. The van der Waals surface area contributed by atoms with Crippen LogP contribution in [0.25, 0.3) is 15.4 Å². The van der Waals surface area contributed by atoms with Gasteiger partial charge in [-0.3, -0.25) is 4.68 Å². The van der Waals surface area contributed by atoms with Gasteiger partial charge >= 0.3 is 0 Å². The molecule has 0 unspecified atom stereocenters. The predicted octanol–water partition coefficient (Wildman–Crippen LogP) is 5.92. The zero-order chi connectivity index (χ0) is 18.4. The van der Waals surface area contributed by atoms with Gasteiger partial charge in [-0.25, -0.2) is 15.0 Å². The molecule has 1 N–H and O–H groups in total. The highest BCUT2D eigenvalue weighted by Gasteiger charge is 2.09. The standard InChI is InChI=1S/C14H8N6.C2H6.I2/c1-16-11(8-15)9-18-14-13(17-2)10-20(19-14)12-6-4-3-5-7-12;2*1-2/h3-7,9-10H,(H,18,19);1-2H3;/b11-9+;;. The Morgan fingerprint density at radius 2 is 1.92 bits per heavy atom. The first kappa shape index (κ1) is 21.9. The van der Waals surface area contributed by atoms with Crippen molar-refractivity contribution in [3.8, 4) is 11.8 Å². The van der Waals surface area contributed by atoms with Gasteiger partial charge < -0.3 is 5.32 Å². The normalized spacial score (nSPS) is 8.96. The summed E-state index contributed by atoms with van der Waals surface area (Å²) >= 11 is 4.24. The molecule has 1 aromatic carbocycles. The third kappa shape index (κ3) is 6.57. The van der Waals surface area contributed by atoms with Crippen molar-refractivity contribution in [2.45, 2.75) is 13.8 Å². The van der Waals surface area contributed by atoms with Crippen LogP contribution in [0.15, 0.2) is 48.4 Å². The van der Waals surface area contributed by atoms with Crippen LogP contribution in [0.4, 0.5) is 11.5 Å². The Morgan fingerprint density at radius 1 is 1.29 bits per heavy atom. The van der Waals surface area contributed by atoms with Crippen molar-refractivity contribution in [1.29, 1.82) is 5.26 Å². The van der Waals surface area contributed by atoms with E-state index in [0.29, 0.717) is 11.5 Å². The van der Waals surface area contributed by atoms with Gasteiger partial charge in [0, 0.05) is 49.6 Å². The van der Waals surface area contributed by atoms with E-state index in [1.807, 2.05) is 44.2 Å². The van der Waals surface area contributed by atoms with E-state index in [1.165, 1.54) is 6.20 Å². The van der Waals surface area contributed by atoms with Gasteiger partial charge in [-0.05, 0) is 12.1 Å². The number of nitrogens with one attached hydrogen (secondary N) is 1. The number of anilines is 1. The molecule has 1 aromatic heterocycles. The summed E-state index contributed by atoms with van der Waals surface area (Å²) < 4.78 is 1.56. The van der Waals surface area contributed by atoms with Crippen LogP contribution < -0.4 is 5.32 Å². The van der Waals surface area contributed by atoms with Crippen LogP contribution >= 0.6 is 37.2 Å². The molecule has 2 rings (SSSR count). The topological polar surface area (TPSA) is 62.4 Å². The molecule has 122 valence electrons. The van der Waals surface area contributed by atoms with Crippen LogP contribution in [0.3, 0.4) is 0 Å². The summed E-state index contributed by atoms with van der Waals surface area (Å²) in [6, 6.07) is 11.1. The number of aromatic nitrogens is 2. The molecular weight excluding hydrogens is 530 g/mol. The minimum Gasteiger partial charge on any atom is -0.363 e. The van der Waals surface area contributed by atoms with Gasteiger partial charge in [-0.15, -0.1) is 0 Å². The van der Waals surface area contributed by atoms with Gasteiger partial charge in [0.2, 0.25) is 5.69 Å². The highest BCUT2D eigenvalue weighted by Crippen LogP contribution is 2.25. The summed E-state index contributed by atoms with van der Waals surface area (Å²) in [5.74, 6) is 0.306. The first-order chi connectivity index (χ1) is 11.8. The zero-order valence-corrected chi connectivity index (χ0v) is 17.3. The lowest BCUT2D eigenvalue weighted by molar-refractivity contribution is 0.884. The smallest absolute Gasteiger partial charge is 0.277 e. The summed E-state index contributed by atoms with van der Waals surface area (Å²) in [5, 5.41) is 15.6. The minimum atomic E-state index is -0.102. The molecule has 0 radical (unpaired) electrons. The second-order valence-electron chi connectivity index (χ2n) is 3.65. The second-order valence-corrected chi connectivity index (χ2v) is 3.65. The van der Waals surface area contributed by atoms with Crippen LogP contribution in [0, 0.1) is 24.5 Å². The third-order valence-corrected chi connectivity index (χ3v) is 2.42. The summed E-state index contributed by atoms with van der Waals surface area (Å²) in [5.41, 5.74) is 1.03. The third-order valence-electron chi connectivity index (χ3n) is 2.42. The van der Waals surface area contributed by atoms with Gasteiger partial charge in [-0.2, -0.15) is 5.10 Å². The number of para-hydroxylation sites is 1. The molecule has 0 spiro atoms. The molecule has 2 aromatic rings. The second kappa shape index (κ2) is 13.3. The van der Waals surface area contributed by atoms with E-state index < -0.39 is 0 Å². The maximum Gasteiger partial charge on any atom is 0.277 e. The molecule has 0 saturated heterocycles. The molecule has 24 heavy (non-hydrogen) atoms. The van der Waals surface area contributed by atoms with Crippen molar-refractivity contribution in [2.75, 3.05) is 5.32 Å². The van der Waals surface area contributed by atoms with Crippen LogP contribution in [0.1, 0.15) is 13.8 Å². The van der Waals surface area contributed by atoms with E-state index in [4.69, 9.17) is 18.4 Å². The quantitative estimate of drug-likeness (QED) is 0.297. The molecule has 1 heterocycles. The monoisotopic (exact) mass is 544 g/mol. The molecule has 0 aliphatic rings. The molecule has 0 bridgehead atoms. The van der Waals surface area contributed by atoms with Gasteiger partial charge in [0.05, 0.1) is 24.9 Å². The van der Waals surface area contributed by atoms with Crippen LogP contribution in [-0.4, -0.2) is 9.78 Å². The highest BCUT2D eigenvalue weighted by atomic mass is 128. The molecule has 0 atom stereocenters. The largest absolute Gasteiger partial charge is 0.363 e. The fraction of sp³-hybridized carbons (Fsp3) is 0.125. The first-order valence-corrected chi connectivity index (χ1v) is 13.0. The van der Waals surface area contributed by atoms with Crippen LogP contribution in [0.2, 0.25) is 0 Å². The fourth-order valence-electron chi connectivity index (χ4n) is 1.49. The van der Waals surface area contributed by atoms with E-state index in [0.717, 1.165) is 5.69 Å². The lowest BCUT2D eigenvalue weighted by Gasteiger charge is -2.00. The lowest BCUT2D eigenvalue weighted by Crippen LogP contribution is -1.96. The zero-order valence-electron chi connectivity index (χ0n) is 13.0. The van der Waals surface area contributed by atoms with E-state index >= 15 is 0 Å². The van der Waals surface area contributed by atoms with Gasteiger partial charge in [-0.1, -0.05) is 32.0 Å². The molecule has 0 fully saturated rings. The number of halogens is 2. The highest BCUT2D eigenvalue weighted by molar-refractivity contribution is 15.0. The fourth-order valence-corrected chi connectivity index (χ4v) is 1.49. The number of benzene rings is 1. The molecule has 0 amide bonds. The van der Waals surface area contributed by atoms with Crippen LogP contribution in [-0.2, 0) is 0 Å². The van der Waals surface area contributed by atoms with Crippen molar-refractivity contribution in [1.82, 2.24) is 9.78 Å². The predicted molar refractivity (Wildman–Crippen MR) is 113 cm³/mol. The van der Waals surface area contributed by atoms with Crippen molar-refractivity contribution < 1.29 is 0 Å². The maximum absolute atomic E-state index is 8.66. The van der Waals surface area contributed by atoms with Crippen molar-refractivity contribution >= 4 is 48.7 Å². The Morgan fingerprint density at radius 3 is 2.42 bits per heavy atom. The van der Waals surface area contributed by atoms with Gasteiger partial charge in [0.15, 0.2) is 5.82 Å². The summed E-state index contributed by atoms with van der Waals surface area (Å²) in [6.45, 7) is 17.9. The Kier molecular flexibility index (Phi) is 12.2. The molecular formula is C16H14I2N6. The van der Waals surface area contributed by atoms with E-state index in [9.17, 15) is 0 Å². The lowest BCUT2D eigenvalue weighted by atomic mass is 10.3. The summed E-state index contributed by atoms with van der Waals surface area (Å²) in [6.07, 6.45) is 2.82. The number of rotatable bonds is 3. The number of nitrogens with zero attached hydrogens (tertiary/aromatic N) is 5. The number of hydrogen-bond donors (Lipinski definition) is 1. The maximum atomic E-state index is 8.66. The SMILES string of the molecule is CC.II.[C-]#[N+]/C(C#N)=C/Nc1nn(-c2ccccc2)cc1[N+]#[C-]. The molecule has 0 aliphatic carbocycles. The van der Waals surface area contributed by atoms with Gasteiger partial charge in [0.1, 0.15) is 0 Å². The number of hydrogen-bond acceptors (Lipinski definition) is 3. The average molecular weight is 544 g/mol. The number of allylic oxidation sites excluding steroid dienone is 1. The Labute approximate surface area is 165 Å².